The van der Waals surface area contributed by atoms with E-state index in [4.69, 9.17) is 5.73 Å². The van der Waals surface area contributed by atoms with Crippen LogP contribution in [0, 0.1) is 13.8 Å². The summed E-state index contributed by atoms with van der Waals surface area (Å²) >= 11 is 0. The lowest BCUT2D eigenvalue weighted by Gasteiger charge is -2.24. The van der Waals surface area contributed by atoms with Crippen LogP contribution in [-0.4, -0.2) is 20.2 Å². The predicted octanol–water partition coefficient (Wildman–Crippen LogP) is 5.88. The third-order valence-corrected chi connectivity index (χ3v) is 7.91. The fraction of sp³-hybridized carbons (Fsp3) is 0.133. The van der Waals surface area contributed by atoms with E-state index in [1.165, 1.54) is 23.1 Å². The molecule has 0 aliphatic rings. The van der Waals surface area contributed by atoms with E-state index < -0.39 is 27.1 Å². The zero-order chi connectivity index (χ0) is 27.4. The number of hydrogen-bond acceptors (Lipinski definition) is 4. The van der Waals surface area contributed by atoms with Crippen LogP contribution in [0.3, 0.4) is 0 Å². The number of nitrogens with zero attached hydrogens (tertiary/aromatic N) is 1. The summed E-state index contributed by atoms with van der Waals surface area (Å²) in [5, 5.41) is -0.879. The van der Waals surface area contributed by atoms with Crippen LogP contribution in [0.1, 0.15) is 49.6 Å². The maximum Gasteiger partial charge on any atom is 0.262 e. The normalized spacial score (nSPS) is 12.0. The van der Waals surface area contributed by atoms with Crippen molar-refractivity contribution in [1.29, 1.82) is 0 Å². The average molecular weight is 528 g/mol. The number of hydrogen-bond donors (Lipinski definition) is 2. The molecule has 4 rings (SSSR count). The zero-order valence-corrected chi connectivity index (χ0v) is 22.2. The Morgan fingerprint density at radius 2 is 1.32 bits per heavy atom. The van der Waals surface area contributed by atoms with Crippen LogP contribution in [0.2, 0.25) is 0 Å². The second kappa shape index (κ2) is 10.9. The third kappa shape index (κ3) is 5.92. The number of aryl methyl sites for hydroxylation is 2. The summed E-state index contributed by atoms with van der Waals surface area (Å²) in [5.41, 5.74) is 9.53. The van der Waals surface area contributed by atoms with Gasteiger partial charge in [0.15, 0.2) is 0 Å². The molecule has 0 radical (unpaired) electrons. The van der Waals surface area contributed by atoms with Gasteiger partial charge >= 0.3 is 0 Å². The first-order chi connectivity index (χ1) is 18.0. The zero-order valence-electron chi connectivity index (χ0n) is 21.4. The van der Waals surface area contributed by atoms with E-state index in [0.717, 1.165) is 11.1 Å². The van der Waals surface area contributed by atoms with Crippen molar-refractivity contribution in [2.24, 2.45) is 5.73 Å². The SMILES string of the molecule is Cc1cccc(N(C(=O)c2cc(NS(=O)(=O)C(C)c3ccccc3)cc(C(N)=O)c2)c2cccc(C)c2)c1. The van der Waals surface area contributed by atoms with Gasteiger partial charge in [-0.2, -0.15) is 0 Å². The van der Waals surface area contributed by atoms with Gasteiger partial charge < -0.3 is 5.73 Å². The van der Waals surface area contributed by atoms with Crippen molar-refractivity contribution in [3.05, 3.63) is 125 Å². The highest BCUT2D eigenvalue weighted by Crippen LogP contribution is 2.31. The molecule has 0 aromatic heterocycles. The van der Waals surface area contributed by atoms with E-state index in [-0.39, 0.29) is 16.8 Å². The van der Waals surface area contributed by atoms with Gasteiger partial charge in [-0.1, -0.05) is 54.6 Å². The van der Waals surface area contributed by atoms with Crippen LogP contribution < -0.4 is 15.4 Å². The lowest BCUT2D eigenvalue weighted by atomic mass is 10.1. The van der Waals surface area contributed by atoms with Gasteiger partial charge in [0.25, 0.3) is 5.91 Å². The van der Waals surface area contributed by atoms with Gasteiger partial charge in [-0.05, 0) is 79.9 Å². The van der Waals surface area contributed by atoms with E-state index >= 15 is 0 Å². The first-order valence-corrected chi connectivity index (χ1v) is 13.6. The first kappa shape index (κ1) is 26.6. The van der Waals surface area contributed by atoms with Crippen LogP contribution >= 0.6 is 0 Å². The van der Waals surface area contributed by atoms with Crippen molar-refractivity contribution in [3.8, 4) is 0 Å². The average Bonchev–Trinajstić information content (AvgIpc) is 2.88. The molecule has 0 saturated heterocycles. The Hall–Kier alpha value is -4.43. The molecule has 1 atom stereocenters. The van der Waals surface area contributed by atoms with E-state index in [9.17, 15) is 18.0 Å². The summed E-state index contributed by atoms with van der Waals surface area (Å²) in [6.07, 6.45) is 0. The number of primary amides is 1. The summed E-state index contributed by atoms with van der Waals surface area (Å²) in [6.45, 7) is 5.42. The number of nitrogens with two attached hydrogens (primary N) is 1. The molecule has 38 heavy (non-hydrogen) atoms. The molecular formula is C30H29N3O4S. The molecular weight excluding hydrogens is 498 g/mol. The topological polar surface area (TPSA) is 110 Å². The number of anilines is 3. The van der Waals surface area contributed by atoms with Crippen LogP contribution in [0.25, 0.3) is 0 Å². The summed E-state index contributed by atoms with van der Waals surface area (Å²) in [7, 11) is -3.91. The highest BCUT2D eigenvalue weighted by Gasteiger charge is 2.25. The molecule has 0 aliphatic carbocycles. The summed E-state index contributed by atoms with van der Waals surface area (Å²) in [5.74, 6) is -1.23. The molecule has 7 nitrogen and oxygen atoms in total. The molecule has 4 aromatic carbocycles. The molecule has 0 heterocycles. The van der Waals surface area contributed by atoms with Crippen molar-refractivity contribution >= 4 is 38.9 Å². The second-order valence-corrected chi connectivity index (χ2v) is 11.2. The van der Waals surface area contributed by atoms with Gasteiger partial charge in [-0.15, -0.1) is 0 Å². The van der Waals surface area contributed by atoms with Gasteiger partial charge in [-0.3, -0.25) is 19.2 Å². The van der Waals surface area contributed by atoms with Crippen molar-refractivity contribution in [2.45, 2.75) is 26.0 Å². The number of rotatable bonds is 8. The highest BCUT2D eigenvalue weighted by atomic mass is 32.2. The Bertz CT molecular complexity index is 1560. The van der Waals surface area contributed by atoms with Crippen LogP contribution in [-0.2, 0) is 10.0 Å². The molecule has 0 saturated carbocycles. The number of sulfonamides is 1. The van der Waals surface area contributed by atoms with Crippen LogP contribution in [0.15, 0.2) is 97.1 Å². The Morgan fingerprint density at radius 3 is 1.84 bits per heavy atom. The van der Waals surface area contributed by atoms with Gasteiger partial charge in [0, 0.05) is 22.5 Å². The van der Waals surface area contributed by atoms with Gasteiger partial charge in [0.1, 0.15) is 5.25 Å². The van der Waals surface area contributed by atoms with Crippen molar-refractivity contribution in [2.75, 3.05) is 9.62 Å². The fourth-order valence-electron chi connectivity index (χ4n) is 4.15. The highest BCUT2D eigenvalue weighted by molar-refractivity contribution is 7.92. The molecule has 0 bridgehead atoms. The molecule has 4 aromatic rings. The van der Waals surface area contributed by atoms with Gasteiger partial charge in [-0.25, -0.2) is 8.42 Å². The predicted molar refractivity (Wildman–Crippen MR) is 151 cm³/mol. The van der Waals surface area contributed by atoms with Gasteiger partial charge in [0.05, 0.1) is 5.69 Å². The van der Waals surface area contributed by atoms with E-state index in [2.05, 4.69) is 4.72 Å². The molecule has 3 N–H and O–H groups in total. The van der Waals surface area contributed by atoms with Crippen molar-refractivity contribution in [1.82, 2.24) is 0 Å². The van der Waals surface area contributed by atoms with Gasteiger partial charge in [0.2, 0.25) is 15.9 Å². The summed E-state index contributed by atoms with van der Waals surface area (Å²) in [4.78, 5) is 27.7. The Kier molecular flexibility index (Phi) is 7.64. The van der Waals surface area contributed by atoms with E-state index in [0.29, 0.717) is 16.9 Å². The molecule has 1 unspecified atom stereocenters. The number of nitrogens with one attached hydrogen (secondary N) is 1. The Labute approximate surface area is 223 Å². The molecule has 2 amide bonds. The van der Waals surface area contributed by atoms with Crippen LogP contribution in [0.4, 0.5) is 17.1 Å². The quantitative estimate of drug-likeness (QED) is 0.298. The summed E-state index contributed by atoms with van der Waals surface area (Å²) in [6, 6.07) is 27.8. The maximum absolute atomic E-state index is 14.0. The maximum atomic E-state index is 14.0. The summed E-state index contributed by atoms with van der Waals surface area (Å²) < 4.78 is 28.9. The molecule has 8 heteroatoms. The fourth-order valence-corrected chi connectivity index (χ4v) is 5.29. The third-order valence-electron chi connectivity index (χ3n) is 6.18. The number of benzene rings is 4. The largest absolute Gasteiger partial charge is 0.366 e. The molecule has 0 spiro atoms. The molecule has 194 valence electrons. The van der Waals surface area contributed by atoms with E-state index in [1.54, 1.807) is 37.3 Å². The number of amides is 2. The molecule has 0 fully saturated rings. The minimum Gasteiger partial charge on any atom is -0.366 e. The lowest BCUT2D eigenvalue weighted by molar-refractivity contribution is 0.0998. The van der Waals surface area contributed by atoms with E-state index in [1.807, 2.05) is 62.4 Å². The molecule has 0 aliphatic heterocycles. The first-order valence-electron chi connectivity index (χ1n) is 12.0. The van der Waals surface area contributed by atoms with Crippen molar-refractivity contribution in [3.63, 3.8) is 0 Å². The second-order valence-electron chi connectivity index (χ2n) is 9.18. The Balaban J connectivity index is 1.79. The monoisotopic (exact) mass is 527 g/mol. The number of carbonyl (C=O) groups excluding carboxylic acids is 2. The standard InChI is InChI=1S/C30H29N3O4S/c1-20-9-7-13-27(15-20)33(28-14-8-10-21(2)16-28)30(35)25-17-24(29(31)34)18-26(19-25)32-38(36,37)22(3)23-11-5-4-6-12-23/h4-19,22,32H,1-3H3,(H2,31,34). The Morgan fingerprint density at radius 1 is 0.763 bits per heavy atom. The van der Waals surface area contributed by atoms with Crippen molar-refractivity contribution < 1.29 is 18.0 Å². The number of carbonyl (C=O) groups is 2. The smallest absolute Gasteiger partial charge is 0.262 e. The van der Waals surface area contributed by atoms with Crippen LogP contribution in [0.5, 0.6) is 0 Å². The minimum atomic E-state index is -3.91. The minimum absolute atomic E-state index is 0.00866. The lowest BCUT2D eigenvalue weighted by Crippen LogP contribution is -2.27.